The number of hydrogen-bond acceptors (Lipinski definition) is 4. The minimum Gasteiger partial charge on any atom is -0.394 e. The largest absolute Gasteiger partial charge is 0.394 e. The van der Waals surface area contributed by atoms with Gasteiger partial charge in [0.2, 0.25) is 0 Å². The molecule has 104 valence electrons. The van der Waals surface area contributed by atoms with Gasteiger partial charge in [-0.25, -0.2) is 0 Å². The zero-order valence-corrected chi connectivity index (χ0v) is 11.9. The Morgan fingerprint density at radius 1 is 1.37 bits per heavy atom. The van der Waals surface area contributed by atoms with Crippen LogP contribution in [0.5, 0.6) is 0 Å². The highest BCUT2D eigenvalue weighted by Crippen LogP contribution is 2.30. The van der Waals surface area contributed by atoms with E-state index in [2.05, 4.69) is 9.80 Å². The molecule has 0 saturated carbocycles. The Kier molecular flexibility index (Phi) is 3.92. The fourth-order valence-electron chi connectivity index (χ4n) is 2.62. The van der Waals surface area contributed by atoms with Gasteiger partial charge in [-0.3, -0.25) is 9.69 Å². The van der Waals surface area contributed by atoms with Crippen molar-refractivity contribution in [3.63, 3.8) is 0 Å². The Bertz CT molecular complexity index is 456. The van der Waals surface area contributed by atoms with Gasteiger partial charge >= 0.3 is 0 Å². The van der Waals surface area contributed by atoms with Crippen molar-refractivity contribution in [1.82, 2.24) is 4.90 Å². The van der Waals surface area contributed by atoms with E-state index < -0.39 is 0 Å². The molecule has 4 nitrogen and oxygen atoms in total. The van der Waals surface area contributed by atoms with Gasteiger partial charge in [0.1, 0.15) is 0 Å². The van der Waals surface area contributed by atoms with E-state index in [0.29, 0.717) is 0 Å². The van der Waals surface area contributed by atoms with Crippen molar-refractivity contribution in [1.29, 1.82) is 0 Å². The second-order valence-corrected chi connectivity index (χ2v) is 5.55. The van der Waals surface area contributed by atoms with Gasteiger partial charge in [-0.1, -0.05) is 0 Å². The third kappa shape index (κ3) is 2.65. The second kappa shape index (κ2) is 5.31. The molecule has 1 fully saturated rings. The molecule has 0 radical (unpaired) electrons. The molecule has 0 spiro atoms. The van der Waals surface area contributed by atoms with Gasteiger partial charge in [0.05, 0.1) is 12.1 Å². The number of likely N-dealkylation sites (N-methyl/N-ethyl adjacent to an activating group) is 1. The molecule has 19 heavy (non-hydrogen) atoms. The summed E-state index contributed by atoms with van der Waals surface area (Å²) in [4.78, 5) is 15.6. The quantitative estimate of drug-likeness (QED) is 0.833. The number of anilines is 1. The molecular weight excluding hydrogens is 240 g/mol. The molecule has 0 aliphatic carbocycles. The molecule has 1 aliphatic heterocycles. The molecule has 1 unspecified atom stereocenters. The van der Waals surface area contributed by atoms with Crippen LogP contribution in [0.15, 0.2) is 24.3 Å². The summed E-state index contributed by atoms with van der Waals surface area (Å²) in [5.41, 5.74) is 1.70. The Morgan fingerprint density at radius 2 is 2.00 bits per heavy atom. The lowest BCUT2D eigenvalue weighted by Crippen LogP contribution is -2.49. The van der Waals surface area contributed by atoms with Gasteiger partial charge in [-0.2, -0.15) is 0 Å². The maximum Gasteiger partial charge on any atom is 0.159 e. The van der Waals surface area contributed by atoms with Crippen LogP contribution in [-0.4, -0.2) is 55.1 Å². The second-order valence-electron chi connectivity index (χ2n) is 5.55. The number of Topliss-reactive ketones (excluding diaryl/α,β-unsaturated/α-hetero) is 1. The summed E-state index contributed by atoms with van der Waals surface area (Å²) in [5, 5.41) is 9.66. The summed E-state index contributed by atoms with van der Waals surface area (Å²) in [7, 11) is 4.02. The number of rotatable bonds is 4. The van der Waals surface area contributed by atoms with Crippen LogP contribution in [0.3, 0.4) is 0 Å². The normalized spacial score (nSPS) is 23.1. The Balaban J connectivity index is 2.14. The van der Waals surface area contributed by atoms with E-state index in [1.165, 1.54) is 0 Å². The molecule has 1 aromatic carbocycles. The molecule has 0 amide bonds. The fourth-order valence-corrected chi connectivity index (χ4v) is 2.62. The molecule has 1 aromatic rings. The van der Waals surface area contributed by atoms with Crippen molar-refractivity contribution in [2.75, 3.05) is 38.7 Å². The highest BCUT2D eigenvalue weighted by atomic mass is 16.3. The zero-order chi connectivity index (χ0) is 14.0. The standard InChI is InChI=1S/C15H22N2O2/c1-12(19)13-4-6-14(7-5-13)17-9-8-15(10-17,11-18)16(2)3/h4-7,18H,8-11H2,1-3H3. The van der Waals surface area contributed by atoms with Gasteiger partial charge < -0.3 is 10.0 Å². The number of carbonyl (C=O) groups is 1. The first-order valence-electron chi connectivity index (χ1n) is 6.63. The molecule has 4 heteroatoms. The van der Waals surface area contributed by atoms with Crippen LogP contribution >= 0.6 is 0 Å². The predicted octanol–water partition coefficient (Wildman–Crippen LogP) is 1.39. The summed E-state index contributed by atoms with van der Waals surface area (Å²) in [5.74, 6) is 0.0889. The van der Waals surface area contributed by atoms with Crippen LogP contribution in [0.2, 0.25) is 0 Å². The lowest BCUT2D eigenvalue weighted by Gasteiger charge is -2.34. The SMILES string of the molecule is CC(=O)c1ccc(N2CCC(CO)(N(C)C)C2)cc1. The van der Waals surface area contributed by atoms with Gasteiger partial charge in [0.25, 0.3) is 0 Å². The molecule has 1 N–H and O–H groups in total. The maximum absolute atomic E-state index is 11.3. The predicted molar refractivity (Wildman–Crippen MR) is 76.8 cm³/mol. The van der Waals surface area contributed by atoms with Crippen LogP contribution < -0.4 is 4.90 Å². The van der Waals surface area contributed by atoms with E-state index in [-0.39, 0.29) is 17.9 Å². The topological polar surface area (TPSA) is 43.8 Å². The Labute approximate surface area is 114 Å². The lowest BCUT2D eigenvalue weighted by molar-refractivity contribution is 0.0867. The summed E-state index contributed by atoms with van der Waals surface area (Å²) < 4.78 is 0. The number of benzene rings is 1. The average molecular weight is 262 g/mol. The van der Waals surface area contributed by atoms with Crippen LogP contribution in [0.1, 0.15) is 23.7 Å². The van der Waals surface area contributed by atoms with Crippen LogP contribution in [0.25, 0.3) is 0 Å². The van der Waals surface area contributed by atoms with Crippen molar-refractivity contribution < 1.29 is 9.90 Å². The third-order valence-corrected chi connectivity index (χ3v) is 4.21. The molecule has 0 aromatic heterocycles. The highest BCUT2D eigenvalue weighted by molar-refractivity contribution is 5.94. The van der Waals surface area contributed by atoms with E-state index in [0.717, 1.165) is 30.8 Å². The summed E-state index contributed by atoms with van der Waals surface area (Å²) in [6.45, 7) is 3.49. The monoisotopic (exact) mass is 262 g/mol. The summed E-state index contributed by atoms with van der Waals surface area (Å²) in [6, 6.07) is 7.71. The molecular formula is C15H22N2O2. The molecule has 1 heterocycles. The van der Waals surface area contributed by atoms with Crippen molar-refractivity contribution in [2.45, 2.75) is 18.9 Å². The van der Waals surface area contributed by atoms with Gasteiger partial charge in [0, 0.05) is 24.3 Å². The Morgan fingerprint density at radius 3 is 2.42 bits per heavy atom. The van der Waals surface area contributed by atoms with Gasteiger partial charge in [-0.15, -0.1) is 0 Å². The van der Waals surface area contributed by atoms with Gasteiger partial charge in [0.15, 0.2) is 5.78 Å². The first kappa shape index (κ1) is 14.0. The molecule has 1 saturated heterocycles. The van der Waals surface area contributed by atoms with E-state index in [9.17, 15) is 9.90 Å². The van der Waals surface area contributed by atoms with Crippen molar-refractivity contribution in [2.24, 2.45) is 0 Å². The number of carbonyl (C=O) groups excluding carboxylic acids is 1. The number of aliphatic hydroxyl groups excluding tert-OH is 1. The fraction of sp³-hybridized carbons (Fsp3) is 0.533. The zero-order valence-electron chi connectivity index (χ0n) is 11.9. The molecule has 1 atom stereocenters. The van der Waals surface area contributed by atoms with E-state index >= 15 is 0 Å². The Hall–Kier alpha value is -1.39. The number of aliphatic hydroxyl groups is 1. The minimum absolute atomic E-state index is 0.0889. The highest BCUT2D eigenvalue weighted by Gasteiger charge is 2.39. The first-order chi connectivity index (χ1) is 8.98. The molecule has 0 bridgehead atoms. The van der Waals surface area contributed by atoms with E-state index in [1.807, 2.05) is 38.4 Å². The lowest BCUT2D eigenvalue weighted by atomic mass is 9.99. The van der Waals surface area contributed by atoms with Crippen molar-refractivity contribution >= 4 is 11.5 Å². The van der Waals surface area contributed by atoms with Crippen LogP contribution in [0, 0.1) is 0 Å². The molecule has 2 rings (SSSR count). The van der Waals surface area contributed by atoms with Crippen LogP contribution in [-0.2, 0) is 0 Å². The van der Waals surface area contributed by atoms with Crippen molar-refractivity contribution in [3.8, 4) is 0 Å². The van der Waals surface area contributed by atoms with Gasteiger partial charge in [-0.05, 0) is 51.7 Å². The minimum atomic E-state index is -0.154. The number of hydrogen-bond donors (Lipinski definition) is 1. The molecule has 1 aliphatic rings. The third-order valence-electron chi connectivity index (χ3n) is 4.21. The van der Waals surface area contributed by atoms with E-state index in [1.54, 1.807) is 6.92 Å². The van der Waals surface area contributed by atoms with Crippen LogP contribution in [0.4, 0.5) is 5.69 Å². The number of nitrogens with zero attached hydrogens (tertiary/aromatic N) is 2. The van der Waals surface area contributed by atoms with E-state index in [4.69, 9.17) is 0 Å². The van der Waals surface area contributed by atoms with Crippen molar-refractivity contribution in [3.05, 3.63) is 29.8 Å². The average Bonchev–Trinajstić information content (AvgIpc) is 2.84. The first-order valence-corrected chi connectivity index (χ1v) is 6.63. The number of ketones is 1. The summed E-state index contributed by atoms with van der Waals surface area (Å²) >= 11 is 0. The summed E-state index contributed by atoms with van der Waals surface area (Å²) in [6.07, 6.45) is 0.949. The maximum atomic E-state index is 11.3. The smallest absolute Gasteiger partial charge is 0.159 e.